The molecule has 7 heteroatoms. The van der Waals surface area contributed by atoms with E-state index in [2.05, 4.69) is 26.1 Å². The van der Waals surface area contributed by atoms with Gasteiger partial charge in [0.2, 0.25) is 0 Å². The highest BCUT2D eigenvalue weighted by Crippen LogP contribution is 2.87. The minimum atomic E-state index is -1.14. The molecule has 0 aromatic carbocycles. The molecule has 2 N–H and O–H groups in total. The molecule has 7 nitrogen and oxygen atoms in total. The number of hydrogen-bond acceptors (Lipinski definition) is 7. The SMILES string of the molecule is CC(=O)O[C@@H](C1CCC2C(CC3C4CCC5C(C)(C)[C@@H](OC(=O)C6CNC6)CCC56C[C@@]46CCC23C)O1)C(C)(C)O. The Labute approximate surface area is 246 Å². The lowest BCUT2D eigenvalue weighted by molar-refractivity contribution is -0.200. The smallest absolute Gasteiger partial charge is 0.311 e. The number of aliphatic hydroxyl groups is 1. The van der Waals surface area contributed by atoms with Crippen molar-refractivity contribution in [2.75, 3.05) is 13.1 Å². The molecular formula is C34H53NO6. The lowest BCUT2D eigenvalue weighted by atomic mass is 9.46. The molecule has 0 aromatic rings. The molecule has 8 unspecified atom stereocenters. The Morgan fingerprint density at radius 3 is 2.34 bits per heavy atom. The van der Waals surface area contributed by atoms with Crippen LogP contribution in [-0.2, 0) is 23.8 Å². The maximum Gasteiger partial charge on any atom is 0.311 e. The maximum atomic E-state index is 12.8. The quantitative estimate of drug-likeness (QED) is 0.447. The summed E-state index contributed by atoms with van der Waals surface area (Å²) in [6.07, 6.45) is 11.1. The predicted octanol–water partition coefficient (Wildman–Crippen LogP) is 5.03. The van der Waals surface area contributed by atoms with Gasteiger partial charge in [0, 0.05) is 25.4 Å². The van der Waals surface area contributed by atoms with Crippen LogP contribution < -0.4 is 5.32 Å². The summed E-state index contributed by atoms with van der Waals surface area (Å²) in [4.78, 5) is 24.7. The van der Waals surface area contributed by atoms with Gasteiger partial charge < -0.3 is 24.6 Å². The molecule has 11 atom stereocenters. The zero-order valence-corrected chi connectivity index (χ0v) is 26.2. The van der Waals surface area contributed by atoms with Gasteiger partial charge in [0.05, 0.1) is 23.7 Å². The Morgan fingerprint density at radius 2 is 1.68 bits per heavy atom. The summed E-state index contributed by atoms with van der Waals surface area (Å²) < 4.78 is 18.7. The van der Waals surface area contributed by atoms with Crippen LogP contribution in [0.25, 0.3) is 0 Å². The summed E-state index contributed by atoms with van der Waals surface area (Å²) in [7, 11) is 0. The molecule has 2 spiro atoms. The van der Waals surface area contributed by atoms with Crippen LogP contribution in [0.5, 0.6) is 0 Å². The summed E-state index contributed by atoms with van der Waals surface area (Å²) in [5.74, 6) is 2.28. The van der Waals surface area contributed by atoms with E-state index in [1.165, 1.54) is 45.4 Å². The molecule has 7 aliphatic rings. The molecule has 7 rings (SSSR count). The van der Waals surface area contributed by atoms with Gasteiger partial charge in [-0.05, 0) is 118 Å². The fourth-order valence-electron chi connectivity index (χ4n) is 12.2. The molecule has 230 valence electrons. The molecule has 5 aliphatic carbocycles. The highest BCUT2D eigenvalue weighted by Gasteiger charge is 2.81. The zero-order valence-electron chi connectivity index (χ0n) is 26.2. The van der Waals surface area contributed by atoms with Crippen LogP contribution in [0.15, 0.2) is 0 Å². The summed E-state index contributed by atoms with van der Waals surface area (Å²) in [5, 5.41) is 14.1. The monoisotopic (exact) mass is 571 g/mol. The fraction of sp³-hybridized carbons (Fsp3) is 0.941. The van der Waals surface area contributed by atoms with Gasteiger partial charge >= 0.3 is 11.9 Å². The van der Waals surface area contributed by atoms with Crippen molar-refractivity contribution in [3.05, 3.63) is 0 Å². The minimum Gasteiger partial charge on any atom is -0.462 e. The van der Waals surface area contributed by atoms with Gasteiger partial charge in [-0.15, -0.1) is 0 Å². The van der Waals surface area contributed by atoms with Crippen LogP contribution in [0.1, 0.15) is 106 Å². The average molecular weight is 572 g/mol. The lowest BCUT2D eigenvalue weighted by Gasteiger charge is -2.59. The first-order chi connectivity index (χ1) is 19.2. The zero-order chi connectivity index (χ0) is 29.2. The molecule has 2 aliphatic heterocycles. The van der Waals surface area contributed by atoms with Crippen LogP contribution in [0.4, 0.5) is 0 Å². The molecule has 0 aromatic heterocycles. The van der Waals surface area contributed by atoms with Crippen LogP contribution in [0.3, 0.4) is 0 Å². The third-order valence-corrected chi connectivity index (χ3v) is 14.3. The second-order valence-electron chi connectivity index (χ2n) is 16.8. The standard InChI is InChI=1S/C34H53NO6/c1-19(36)39-28(31(4,5)38)24-9-7-22-25(40-24)15-23-21-8-10-26-30(2,3)27(41-29(37)20-16-35-17-20)11-12-34(26)18-33(21,34)14-13-32(22,23)6/h20-28,35,38H,7-18H2,1-6H3/t21?,22?,23?,24?,25?,26?,27-,28-,32?,33-,34?/m0/s1. The van der Waals surface area contributed by atoms with Gasteiger partial charge in [0.15, 0.2) is 6.10 Å². The summed E-state index contributed by atoms with van der Waals surface area (Å²) >= 11 is 0. The van der Waals surface area contributed by atoms with Crippen molar-refractivity contribution in [2.24, 2.45) is 51.2 Å². The topological polar surface area (TPSA) is 94.1 Å². The van der Waals surface area contributed by atoms with E-state index in [4.69, 9.17) is 14.2 Å². The lowest BCUT2D eigenvalue weighted by Crippen LogP contribution is -2.56. The molecule has 0 bridgehead atoms. The molecule has 0 radical (unpaired) electrons. The average Bonchev–Trinajstić information content (AvgIpc) is 3.42. The number of nitrogens with one attached hydrogen (secondary N) is 1. The highest BCUT2D eigenvalue weighted by molar-refractivity contribution is 5.74. The third-order valence-electron chi connectivity index (χ3n) is 14.3. The number of carbonyl (C=O) groups is 2. The van der Waals surface area contributed by atoms with E-state index >= 15 is 0 Å². The van der Waals surface area contributed by atoms with Crippen molar-refractivity contribution in [2.45, 2.75) is 136 Å². The first-order valence-electron chi connectivity index (χ1n) is 16.7. The fourth-order valence-corrected chi connectivity index (χ4v) is 12.2. The normalized spacial score (nSPS) is 48.7. The van der Waals surface area contributed by atoms with Crippen molar-refractivity contribution in [3.63, 3.8) is 0 Å². The van der Waals surface area contributed by atoms with E-state index in [9.17, 15) is 14.7 Å². The van der Waals surface area contributed by atoms with Crippen molar-refractivity contribution in [3.8, 4) is 0 Å². The van der Waals surface area contributed by atoms with Crippen molar-refractivity contribution >= 4 is 11.9 Å². The van der Waals surface area contributed by atoms with Gasteiger partial charge in [-0.3, -0.25) is 9.59 Å². The van der Waals surface area contributed by atoms with E-state index in [0.717, 1.165) is 44.7 Å². The van der Waals surface area contributed by atoms with Crippen molar-refractivity contribution < 1.29 is 28.9 Å². The number of esters is 2. The Kier molecular flexibility index (Phi) is 6.39. The van der Waals surface area contributed by atoms with Gasteiger partial charge in [-0.25, -0.2) is 0 Å². The number of carbonyl (C=O) groups excluding carboxylic acids is 2. The van der Waals surface area contributed by atoms with E-state index in [0.29, 0.717) is 34.0 Å². The predicted molar refractivity (Wildman–Crippen MR) is 154 cm³/mol. The number of rotatable bonds is 5. The van der Waals surface area contributed by atoms with E-state index in [1.54, 1.807) is 13.8 Å². The second kappa shape index (κ2) is 9.17. The number of ether oxygens (including phenoxy) is 3. The molecule has 2 heterocycles. The van der Waals surface area contributed by atoms with Gasteiger partial charge in [-0.2, -0.15) is 0 Å². The third kappa shape index (κ3) is 3.99. The molecule has 41 heavy (non-hydrogen) atoms. The molecule has 7 fully saturated rings. The van der Waals surface area contributed by atoms with Crippen molar-refractivity contribution in [1.29, 1.82) is 0 Å². The van der Waals surface area contributed by atoms with Crippen LogP contribution >= 0.6 is 0 Å². The van der Waals surface area contributed by atoms with Gasteiger partial charge in [0.25, 0.3) is 0 Å². The molecule has 2 saturated heterocycles. The van der Waals surface area contributed by atoms with E-state index in [-0.39, 0.29) is 41.6 Å². The largest absolute Gasteiger partial charge is 0.462 e. The van der Waals surface area contributed by atoms with Crippen molar-refractivity contribution in [1.82, 2.24) is 5.32 Å². The second-order valence-corrected chi connectivity index (χ2v) is 16.8. The van der Waals surface area contributed by atoms with Gasteiger partial charge in [-0.1, -0.05) is 20.8 Å². The first kappa shape index (κ1) is 28.6. The number of hydrogen-bond donors (Lipinski definition) is 2. The first-order valence-corrected chi connectivity index (χ1v) is 16.7. The Hall–Kier alpha value is -1.18. The molecule has 0 amide bonds. The maximum absolute atomic E-state index is 12.8. The minimum absolute atomic E-state index is 0.0118. The Bertz CT molecular complexity index is 1100. The molecule has 5 saturated carbocycles. The Morgan fingerprint density at radius 1 is 0.951 bits per heavy atom. The van der Waals surface area contributed by atoms with Crippen LogP contribution in [0.2, 0.25) is 0 Å². The highest BCUT2D eigenvalue weighted by atomic mass is 16.6. The van der Waals surface area contributed by atoms with Gasteiger partial charge in [0.1, 0.15) is 6.10 Å². The summed E-state index contributed by atoms with van der Waals surface area (Å²) in [6.45, 7) is 13.8. The van der Waals surface area contributed by atoms with Crippen LogP contribution in [-0.4, -0.2) is 60.2 Å². The Balaban J connectivity index is 1.09. The summed E-state index contributed by atoms with van der Waals surface area (Å²) in [6, 6.07) is 0. The number of fused-ring (bicyclic) bond motifs is 4. The van der Waals surface area contributed by atoms with E-state index in [1.807, 2.05) is 0 Å². The van der Waals surface area contributed by atoms with Crippen LogP contribution in [0, 0.1) is 51.2 Å². The summed E-state index contributed by atoms with van der Waals surface area (Å²) in [5.41, 5.74) is 0.0384. The van der Waals surface area contributed by atoms with E-state index < -0.39 is 11.7 Å². The molecular weight excluding hydrogens is 518 g/mol.